The first-order chi connectivity index (χ1) is 10.6. The van der Waals surface area contributed by atoms with E-state index >= 15 is 0 Å². The van der Waals surface area contributed by atoms with E-state index in [1.54, 1.807) is 0 Å². The molecule has 3 aromatic rings. The molecule has 0 saturated carbocycles. The Bertz CT molecular complexity index is 824. The Kier molecular flexibility index (Phi) is 4.25. The fourth-order valence-corrected chi connectivity index (χ4v) is 3.22. The molecule has 0 aliphatic carbocycles. The summed E-state index contributed by atoms with van der Waals surface area (Å²) in [6, 6.07) is 17.8. The Labute approximate surface area is 134 Å². The van der Waals surface area contributed by atoms with Crippen molar-refractivity contribution in [3.05, 3.63) is 71.3 Å². The number of pyridine rings is 1. The molecule has 0 spiro atoms. The van der Waals surface area contributed by atoms with Gasteiger partial charge in [-0.3, -0.25) is 4.79 Å². The summed E-state index contributed by atoms with van der Waals surface area (Å²) in [4.78, 5) is 16.9. The monoisotopic (exact) mass is 307 g/mol. The summed E-state index contributed by atoms with van der Waals surface area (Å²) in [5.41, 5.74) is 4.09. The van der Waals surface area contributed by atoms with E-state index in [2.05, 4.69) is 24.0 Å². The van der Waals surface area contributed by atoms with Gasteiger partial charge in [0.2, 0.25) is 0 Å². The summed E-state index contributed by atoms with van der Waals surface area (Å²) >= 11 is 1.50. The predicted octanol–water partition coefficient (Wildman–Crippen LogP) is 4.83. The van der Waals surface area contributed by atoms with Crippen molar-refractivity contribution in [3.8, 4) is 0 Å². The van der Waals surface area contributed by atoms with Crippen molar-refractivity contribution in [1.82, 2.24) is 4.98 Å². The van der Waals surface area contributed by atoms with Gasteiger partial charge in [-0.15, -0.1) is 0 Å². The quantitative estimate of drug-likeness (QED) is 0.511. The molecule has 3 rings (SSSR count). The topological polar surface area (TPSA) is 30.0 Å². The molecular formula is C19H17NOS. The number of ketones is 1. The number of nitrogens with zero attached hydrogens (tertiary/aromatic N) is 1. The molecule has 3 heteroatoms. The van der Waals surface area contributed by atoms with Gasteiger partial charge in [-0.25, -0.2) is 4.98 Å². The van der Waals surface area contributed by atoms with Crippen LogP contribution < -0.4 is 0 Å². The number of thioether (sulfide) groups is 1. The zero-order valence-electron chi connectivity index (χ0n) is 12.7. The van der Waals surface area contributed by atoms with Crippen LogP contribution in [0.2, 0.25) is 0 Å². The molecule has 1 heterocycles. The number of rotatable bonds is 4. The van der Waals surface area contributed by atoms with Gasteiger partial charge in [-0.05, 0) is 31.5 Å². The molecule has 0 N–H and O–H groups in total. The minimum Gasteiger partial charge on any atom is -0.293 e. The maximum absolute atomic E-state index is 12.2. The first-order valence-corrected chi connectivity index (χ1v) is 8.21. The Morgan fingerprint density at radius 2 is 1.77 bits per heavy atom. The van der Waals surface area contributed by atoms with Crippen LogP contribution in [0.4, 0.5) is 0 Å². The number of aryl methyl sites for hydroxylation is 2. The third kappa shape index (κ3) is 3.20. The Balaban J connectivity index is 1.76. The number of aromatic nitrogens is 1. The number of hydrogen-bond acceptors (Lipinski definition) is 3. The molecule has 2 aromatic carbocycles. The normalized spacial score (nSPS) is 10.8. The Hall–Kier alpha value is -2.13. The predicted molar refractivity (Wildman–Crippen MR) is 92.7 cm³/mol. The van der Waals surface area contributed by atoms with E-state index in [0.29, 0.717) is 5.75 Å². The van der Waals surface area contributed by atoms with Crippen LogP contribution >= 0.6 is 11.8 Å². The molecular weight excluding hydrogens is 290 g/mol. The number of hydrogen-bond donors (Lipinski definition) is 0. The van der Waals surface area contributed by atoms with Gasteiger partial charge < -0.3 is 0 Å². The lowest BCUT2D eigenvalue weighted by Crippen LogP contribution is -2.02. The second-order valence-electron chi connectivity index (χ2n) is 5.37. The van der Waals surface area contributed by atoms with Crippen LogP contribution in [0.15, 0.2) is 59.6 Å². The molecule has 0 atom stereocenters. The fraction of sp³-hybridized carbons (Fsp3) is 0.158. The molecule has 0 radical (unpaired) electrons. The van der Waals surface area contributed by atoms with Crippen LogP contribution in [0, 0.1) is 13.8 Å². The molecule has 2 nitrogen and oxygen atoms in total. The minimum absolute atomic E-state index is 0.137. The third-order valence-electron chi connectivity index (χ3n) is 3.62. The van der Waals surface area contributed by atoms with E-state index in [-0.39, 0.29) is 5.78 Å². The maximum atomic E-state index is 12.2. The molecule has 0 amide bonds. The van der Waals surface area contributed by atoms with Gasteiger partial charge in [-0.1, -0.05) is 59.8 Å². The number of Topliss-reactive ketones (excluding diaryl/α,β-unsaturated/α-hetero) is 1. The van der Waals surface area contributed by atoms with Crippen molar-refractivity contribution in [1.29, 1.82) is 0 Å². The lowest BCUT2D eigenvalue weighted by Gasteiger charge is -2.06. The van der Waals surface area contributed by atoms with Gasteiger partial charge in [0.25, 0.3) is 0 Å². The zero-order valence-corrected chi connectivity index (χ0v) is 13.5. The summed E-state index contributed by atoms with van der Waals surface area (Å²) in [6.07, 6.45) is 0. The Morgan fingerprint density at radius 1 is 1.05 bits per heavy atom. The largest absolute Gasteiger partial charge is 0.293 e. The lowest BCUT2D eigenvalue weighted by atomic mass is 10.1. The number of benzene rings is 2. The van der Waals surface area contributed by atoms with Crippen LogP contribution in [-0.2, 0) is 0 Å². The van der Waals surface area contributed by atoms with Crippen LogP contribution in [0.1, 0.15) is 21.5 Å². The second-order valence-corrected chi connectivity index (χ2v) is 6.37. The van der Waals surface area contributed by atoms with Gasteiger partial charge in [0.1, 0.15) is 0 Å². The molecule has 0 bridgehead atoms. The molecule has 22 heavy (non-hydrogen) atoms. The zero-order chi connectivity index (χ0) is 15.5. The number of carbonyl (C=O) groups is 1. The second kappa shape index (κ2) is 6.32. The van der Waals surface area contributed by atoms with Crippen molar-refractivity contribution in [2.45, 2.75) is 18.9 Å². The van der Waals surface area contributed by atoms with Gasteiger partial charge in [0.05, 0.1) is 16.3 Å². The van der Waals surface area contributed by atoms with E-state index in [9.17, 15) is 4.79 Å². The summed E-state index contributed by atoms with van der Waals surface area (Å²) in [7, 11) is 0. The highest BCUT2D eigenvalue weighted by atomic mass is 32.2. The summed E-state index contributed by atoms with van der Waals surface area (Å²) in [6.45, 7) is 4.10. The van der Waals surface area contributed by atoms with Gasteiger partial charge in [0.15, 0.2) is 5.78 Å². The molecule has 110 valence electrons. The molecule has 0 fully saturated rings. The fourth-order valence-electron chi connectivity index (χ4n) is 2.35. The lowest BCUT2D eigenvalue weighted by molar-refractivity contribution is 0.102. The highest BCUT2D eigenvalue weighted by Crippen LogP contribution is 2.24. The smallest absolute Gasteiger partial charge is 0.173 e. The highest BCUT2D eigenvalue weighted by molar-refractivity contribution is 7.99. The van der Waals surface area contributed by atoms with E-state index in [0.717, 1.165) is 27.1 Å². The van der Waals surface area contributed by atoms with Crippen molar-refractivity contribution < 1.29 is 4.79 Å². The number of carbonyl (C=O) groups excluding carboxylic acids is 1. The van der Waals surface area contributed by atoms with E-state index in [4.69, 9.17) is 0 Å². The van der Waals surface area contributed by atoms with Crippen molar-refractivity contribution in [3.63, 3.8) is 0 Å². The highest BCUT2D eigenvalue weighted by Gasteiger charge is 2.08. The minimum atomic E-state index is 0.137. The average Bonchev–Trinajstić information content (AvgIpc) is 2.53. The van der Waals surface area contributed by atoms with Crippen LogP contribution in [-0.4, -0.2) is 16.5 Å². The number of para-hydroxylation sites is 1. The third-order valence-corrected chi connectivity index (χ3v) is 4.54. The molecule has 0 aliphatic heterocycles. The molecule has 0 aliphatic rings. The SMILES string of the molecule is Cc1ccc(C(=O)CSc2cc(C)c3ccccc3n2)cc1. The standard InChI is InChI=1S/C19H17NOS/c1-13-7-9-15(10-8-13)18(21)12-22-19-11-14(2)16-5-3-4-6-17(16)20-19/h3-11H,12H2,1-2H3. The van der Waals surface area contributed by atoms with Crippen molar-refractivity contribution in [2.24, 2.45) is 0 Å². The summed E-state index contributed by atoms with van der Waals surface area (Å²) in [5, 5.41) is 2.06. The van der Waals surface area contributed by atoms with Crippen LogP contribution in [0.25, 0.3) is 10.9 Å². The number of fused-ring (bicyclic) bond motifs is 1. The van der Waals surface area contributed by atoms with Gasteiger partial charge in [0, 0.05) is 10.9 Å². The maximum Gasteiger partial charge on any atom is 0.173 e. The summed E-state index contributed by atoms with van der Waals surface area (Å²) in [5.74, 6) is 0.547. The van der Waals surface area contributed by atoms with Crippen molar-refractivity contribution in [2.75, 3.05) is 5.75 Å². The van der Waals surface area contributed by atoms with E-state index < -0.39 is 0 Å². The molecule has 1 aromatic heterocycles. The van der Waals surface area contributed by atoms with Crippen LogP contribution in [0.3, 0.4) is 0 Å². The Morgan fingerprint density at radius 3 is 2.55 bits per heavy atom. The average molecular weight is 307 g/mol. The molecule has 0 saturated heterocycles. The van der Waals surface area contributed by atoms with Gasteiger partial charge >= 0.3 is 0 Å². The first-order valence-electron chi connectivity index (χ1n) is 7.22. The van der Waals surface area contributed by atoms with Crippen LogP contribution in [0.5, 0.6) is 0 Å². The van der Waals surface area contributed by atoms with Crippen molar-refractivity contribution >= 4 is 28.4 Å². The summed E-state index contributed by atoms with van der Waals surface area (Å²) < 4.78 is 0. The first kappa shape index (κ1) is 14.8. The van der Waals surface area contributed by atoms with E-state index in [1.807, 2.05) is 49.4 Å². The van der Waals surface area contributed by atoms with Gasteiger partial charge in [-0.2, -0.15) is 0 Å². The van der Waals surface area contributed by atoms with E-state index in [1.165, 1.54) is 17.3 Å². The molecule has 0 unspecified atom stereocenters.